The van der Waals surface area contributed by atoms with Crippen LogP contribution in [0.15, 0.2) is 91.0 Å². The molecule has 27 heavy (non-hydrogen) atoms. The molecule has 0 unspecified atom stereocenters. The van der Waals surface area contributed by atoms with Crippen LogP contribution in [0.5, 0.6) is 0 Å². The van der Waals surface area contributed by atoms with Crippen molar-refractivity contribution < 1.29 is 20.6 Å². The van der Waals surface area contributed by atoms with Crippen LogP contribution in [0.2, 0.25) is 0 Å². The van der Waals surface area contributed by atoms with Crippen LogP contribution >= 0.6 is 0 Å². The first-order valence-corrected chi connectivity index (χ1v) is 12.7. The Bertz CT molecular complexity index is 705. The zero-order chi connectivity index (χ0) is 20.1. The van der Waals surface area contributed by atoms with Crippen molar-refractivity contribution >= 4 is 31.6 Å². The van der Waals surface area contributed by atoms with E-state index in [0.717, 1.165) is 0 Å². The summed E-state index contributed by atoms with van der Waals surface area (Å²) in [5.41, 5.74) is 0. The van der Waals surface area contributed by atoms with Crippen LogP contribution in [0.1, 0.15) is 0 Å². The predicted molar refractivity (Wildman–Crippen MR) is 102 cm³/mol. The normalized spacial score (nSPS) is 9.22. The van der Waals surface area contributed by atoms with Crippen LogP contribution in [0.3, 0.4) is 0 Å². The maximum atomic E-state index is 8.36. The Kier molecular flexibility index (Phi) is 10.0. The van der Waals surface area contributed by atoms with Crippen molar-refractivity contribution in [3.8, 4) is 0 Å². The number of benzene rings is 3. The van der Waals surface area contributed by atoms with Gasteiger partial charge in [-0.25, -0.2) is 0 Å². The van der Waals surface area contributed by atoms with Gasteiger partial charge in [-0.1, -0.05) is 0 Å². The predicted octanol–water partition coefficient (Wildman–Crippen LogP) is 1.51. The minimum atomic E-state index is -2.06. The first-order chi connectivity index (χ1) is 12.9. The van der Waals surface area contributed by atoms with Crippen molar-refractivity contribution in [2.24, 2.45) is 0 Å². The Labute approximate surface area is 163 Å². The summed E-state index contributed by atoms with van der Waals surface area (Å²) in [4.78, 5) is 16.7. The molecule has 0 aliphatic rings. The Morgan fingerprint density at radius 1 is 0.556 bits per heavy atom. The third kappa shape index (κ3) is 9.27. The van der Waals surface area contributed by atoms with Gasteiger partial charge in [0.15, 0.2) is 0 Å². The molecule has 140 valence electrons. The first kappa shape index (κ1) is 22.0. The Morgan fingerprint density at radius 3 is 0.926 bits per heavy atom. The molecule has 3 aromatic rings. The summed E-state index contributed by atoms with van der Waals surface area (Å²) >= 11 is -2.06. The number of nitrogens with zero attached hydrogens (tertiary/aromatic N) is 2. The first-order valence-electron chi connectivity index (χ1n) is 7.53. The summed E-state index contributed by atoms with van der Waals surface area (Å²) in [7, 11) is 0. The number of hydrogen-bond donors (Lipinski definition) is 2. The number of rotatable bonds is 3. The molecule has 0 heterocycles. The summed E-state index contributed by atoms with van der Waals surface area (Å²) in [6.07, 6.45) is 0. The minimum absolute atomic E-state index is 1.50. The molecule has 8 nitrogen and oxygen atoms in total. The van der Waals surface area contributed by atoms with Gasteiger partial charge in [-0.15, -0.1) is 20.2 Å². The van der Waals surface area contributed by atoms with E-state index in [2.05, 4.69) is 91.0 Å². The molecule has 9 heteroatoms. The van der Waals surface area contributed by atoms with E-state index < -0.39 is 31.9 Å². The second-order valence-corrected chi connectivity index (χ2v) is 13.4. The molecule has 0 spiro atoms. The van der Waals surface area contributed by atoms with Gasteiger partial charge in [-0.05, 0) is 0 Å². The quantitative estimate of drug-likeness (QED) is 0.281. The van der Waals surface area contributed by atoms with Gasteiger partial charge < -0.3 is 10.4 Å². The molecule has 0 amide bonds. The molecule has 0 radical (unpaired) electrons. The van der Waals surface area contributed by atoms with Gasteiger partial charge >= 0.3 is 123 Å². The molecule has 0 aromatic heterocycles. The molecule has 3 aromatic carbocycles. The third-order valence-corrected chi connectivity index (χ3v) is 12.5. The van der Waals surface area contributed by atoms with Crippen molar-refractivity contribution in [2.75, 3.05) is 0 Å². The van der Waals surface area contributed by atoms with E-state index in [9.17, 15) is 0 Å². The van der Waals surface area contributed by atoms with Crippen LogP contribution in [-0.2, 0) is 0 Å². The second-order valence-electron chi connectivity index (χ2n) is 4.82. The zero-order valence-corrected chi connectivity index (χ0v) is 17.5. The van der Waals surface area contributed by atoms with Gasteiger partial charge in [0.05, 0.1) is 0 Å². The van der Waals surface area contributed by atoms with E-state index in [0.29, 0.717) is 0 Å². The standard InChI is InChI=1S/3C6H5.Bi.2HNO3/c3*1-2-4-6-5-3-1;;2*2-1(3)4/h3*1-5H;;2*(H,2,3,4). The maximum absolute atomic E-state index is 8.36. The van der Waals surface area contributed by atoms with Gasteiger partial charge in [-0.3, -0.25) is 0 Å². The molecule has 0 atom stereocenters. The van der Waals surface area contributed by atoms with Gasteiger partial charge in [0.1, 0.15) is 0 Å². The van der Waals surface area contributed by atoms with E-state index in [1.54, 1.807) is 0 Å². The monoisotopic (exact) mass is 566 g/mol. The van der Waals surface area contributed by atoms with E-state index in [1.807, 2.05) is 0 Å². The van der Waals surface area contributed by atoms with E-state index in [4.69, 9.17) is 30.6 Å². The SMILES string of the molecule is O=[N+]([O-])O.O=[N+]([O-])O.c1cc[c]([Bi]([c]2ccccc2)[c]2ccccc2)cc1. The fraction of sp³-hybridized carbons (Fsp3) is 0. The fourth-order valence-corrected chi connectivity index (χ4v) is 11.1. The van der Waals surface area contributed by atoms with Gasteiger partial charge in [0.25, 0.3) is 10.2 Å². The second kappa shape index (κ2) is 12.3. The average molecular weight is 566 g/mol. The zero-order valence-electron chi connectivity index (χ0n) is 14.0. The van der Waals surface area contributed by atoms with Gasteiger partial charge in [0, 0.05) is 0 Å². The topological polar surface area (TPSA) is 127 Å². The molecular weight excluding hydrogens is 549 g/mol. The van der Waals surface area contributed by atoms with Crippen molar-refractivity contribution in [3.63, 3.8) is 0 Å². The van der Waals surface area contributed by atoms with Crippen LogP contribution in [0.25, 0.3) is 0 Å². The molecule has 0 aliphatic heterocycles. The van der Waals surface area contributed by atoms with Crippen molar-refractivity contribution in [1.82, 2.24) is 0 Å². The summed E-state index contributed by atoms with van der Waals surface area (Å²) in [5, 5.41) is 27.3. The average Bonchev–Trinajstić information content (AvgIpc) is 2.64. The van der Waals surface area contributed by atoms with Crippen LogP contribution in [-0.4, -0.2) is 42.3 Å². The molecule has 0 saturated carbocycles. The van der Waals surface area contributed by atoms with Crippen molar-refractivity contribution in [2.45, 2.75) is 0 Å². The molecule has 0 saturated heterocycles. The fourth-order valence-electron chi connectivity index (χ4n) is 2.18. The Morgan fingerprint density at radius 2 is 0.741 bits per heavy atom. The van der Waals surface area contributed by atoms with E-state index in [-0.39, 0.29) is 0 Å². The van der Waals surface area contributed by atoms with Crippen molar-refractivity contribution in [3.05, 3.63) is 111 Å². The molecule has 0 bridgehead atoms. The summed E-state index contributed by atoms with van der Waals surface area (Å²) in [6.45, 7) is 0. The van der Waals surface area contributed by atoms with Crippen LogP contribution in [0.4, 0.5) is 0 Å². The van der Waals surface area contributed by atoms with Gasteiger partial charge in [0.2, 0.25) is 0 Å². The Hall–Kier alpha value is -3.06. The van der Waals surface area contributed by atoms with Gasteiger partial charge in [-0.2, -0.15) is 0 Å². The summed E-state index contributed by atoms with van der Waals surface area (Å²) in [6, 6.07) is 33.0. The number of hydrogen-bond acceptors (Lipinski definition) is 4. The molecule has 0 aliphatic carbocycles. The third-order valence-electron chi connectivity index (χ3n) is 3.04. The summed E-state index contributed by atoms with van der Waals surface area (Å²) < 4.78 is 4.61. The van der Waals surface area contributed by atoms with Crippen LogP contribution < -0.4 is 9.81 Å². The van der Waals surface area contributed by atoms with Crippen molar-refractivity contribution in [1.29, 1.82) is 0 Å². The Balaban J connectivity index is 0.000000390. The molecule has 2 N–H and O–H groups in total. The molecule has 3 rings (SSSR count). The van der Waals surface area contributed by atoms with Crippen LogP contribution in [0, 0.1) is 20.2 Å². The molecule has 0 fully saturated rings. The van der Waals surface area contributed by atoms with E-state index >= 15 is 0 Å². The molecular formula is C18H17BiN2O6. The summed E-state index contributed by atoms with van der Waals surface area (Å²) in [5.74, 6) is 0. The van der Waals surface area contributed by atoms with E-state index in [1.165, 1.54) is 9.81 Å².